The van der Waals surface area contributed by atoms with Crippen molar-refractivity contribution in [2.75, 3.05) is 23.2 Å². The van der Waals surface area contributed by atoms with Crippen molar-refractivity contribution in [3.05, 3.63) is 70.0 Å². The molecule has 224 valence electrons. The minimum Gasteiger partial charge on any atom is -0.478 e. The van der Waals surface area contributed by atoms with Crippen LogP contribution in [0.2, 0.25) is 0 Å². The highest BCUT2D eigenvalue weighted by Crippen LogP contribution is 2.27. The molecule has 2 aromatic carbocycles. The van der Waals surface area contributed by atoms with Gasteiger partial charge in [0.15, 0.2) is 0 Å². The van der Waals surface area contributed by atoms with E-state index < -0.39 is 28.1 Å². The van der Waals surface area contributed by atoms with Gasteiger partial charge in [0.25, 0.3) is 10.0 Å². The Morgan fingerprint density at radius 2 is 1.63 bits per heavy atom. The van der Waals surface area contributed by atoms with Crippen LogP contribution in [0.25, 0.3) is 0 Å². The van der Waals surface area contributed by atoms with Crippen molar-refractivity contribution in [2.24, 2.45) is 0 Å². The largest absolute Gasteiger partial charge is 0.490 e. The van der Waals surface area contributed by atoms with Crippen molar-refractivity contribution in [2.45, 2.75) is 58.7 Å². The Morgan fingerprint density at radius 3 is 2.12 bits per heavy atom. The SMILES string of the molecule is CCn1nc(C)c(CCN(C)c2ccc(NS(=O)(=O)c3ccc(C)c(C)c3)cc2C(=O)O)c1C.O=C(O)C(F)(F)F. The van der Waals surface area contributed by atoms with Gasteiger partial charge in [-0.2, -0.15) is 18.3 Å². The summed E-state index contributed by atoms with van der Waals surface area (Å²) in [6.07, 6.45) is -4.37. The Bertz CT molecular complexity index is 1530. The number of aliphatic carboxylic acids is 1. The molecule has 10 nitrogen and oxygen atoms in total. The minimum atomic E-state index is -5.08. The molecule has 0 bridgehead atoms. The molecule has 41 heavy (non-hydrogen) atoms. The number of aryl methyl sites for hydroxylation is 4. The molecule has 0 saturated heterocycles. The van der Waals surface area contributed by atoms with Gasteiger partial charge in [-0.05, 0) is 88.1 Å². The summed E-state index contributed by atoms with van der Waals surface area (Å²) in [4.78, 5) is 22.9. The summed E-state index contributed by atoms with van der Waals surface area (Å²) in [5.74, 6) is -3.88. The topological polar surface area (TPSA) is 142 Å². The lowest BCUT2D eigenvalue weighted by atomic mass is 10.1. The van der Waals surface area contributed by atoms with E-state index in [0.717, 1.165) is 34.6 Å². The number of anilines is 2. The number of carboxylic acid groups (broad SMARTS) is 2. The van der Waals surface area contributed by atoms with E-state index in [0.29, 0.717) is 18.7 Å². The van der Waals surface area contributed by atoms with E-state index >= 15 is 0 Å². The van der Waals surface area contributed by atoms with E-state index in [1.54, 1.807) is 24.3 Å². The second-order valence-corrected chi connectivity index (χ2v) is 11.0. The summed E-state index contributed by atoms with van der Waals surface area (Å²) in [6, 6.07) is 9.47. The summed E-state index contributed by atoms with van der Waals surface area (Å²) in [5, 5.41) is 21.5. The highest BCUT2D eigenvalue weighted by Gasteiger charge is 2.38. The average molecular weight is 599 g/mol. The van der Waals surface area contributed by atoms with Gasteiger partial charge in [-0.1, -0.05) is 6.07 Å². The molecule has 0 aliphatic rings. The number of nitrogens with zero attached hydrogens (tertiary/aromatic N) is 3. The zero-order valence-corrected chi connectivity index (χ0v) is 24.3. The molecule has 0 radical (unpaired) electrons. The smallest absolute Gasteiger partial charge is 0.478 e. The molecular formula is C27H33F3N4O6S. The number of benzene rings is 2. The molecule has 1 heterocycles. The first-order chi connectivity index (χ1) is 18.9. The number of nitrogens with one attached hydrogen (secondary N) is 1. The van der Waals surface area contributed by atoms with Crippen LogP contribution in [-0.4, -0.2) is 60.1 Å². The summed E-state index contributed by atoms with van der Waals surface area (Å²) in [5.41, 5.74) is 5.84. The van der Waals surface area contributed by atoms with E-state index in [1.807, 2.05) is 51.2 Å². The maximum absolute atomic E-state index is 12.8. The molecule has 0 atom stereocenters. The summed E-state index contributed by atoms with van der Waals surface area (Å²) in [7, 11) is -2.02. The van der Waals surface area contributed by atoms with Crippen molar-refractivity contribution < 1.29 is 41.4 Å². The second-order valence-electron chi connectivity index (χ2n) is 9.33. The van der Waals surface area contributed by atoms with Gasteiger partial charge in [0.05, 0.1) is 21.8 Å². The molecule has 3 N–H and O–H groups in total. The molecule has 3 rings (SSSR count). The van der Waals surface area contributed by atoms with Crippen molar-refractivity contribution in [3.8, 4) is 0 Å². The quantitative estimate of drug-likeness (QED) is 0.314. The number of rotatable bonds is 9. The Balaban J connectivity index is 0.000000745. The Kier molecular flexibility index (Phi) is 10.6. The van der Waals surface area contributed by atoms with Crippen LogP contribution in [0, 0.1) is 27.7 Å². The zero-order chi connectivity index (χ0) is 31.3. The summed E-state index contributed by atoms with van der Waals surface area (Å²) in [6.45, 7) is 11.2. The maximum atomic E-state index is 12.8. The van der Waals surface area contributed by atoms with Crippen molar-refractivity contribution >= 4 is 33.3 Å². The fourth-order valence-corrected chi connectivity index (χ4v) is 5.14. The molecule has 0 fully saturated rings. The van der Waals surface area contributed by atoms with Crippen molar-refractivity contribution in [3.63, 3.8) is 0 Å². The molecule has 14 heteroatoms. The molecular weight excluding hydrogens is 565 g/mol. The molecule has 0 aliphatic carbocycles. The van der Waals surface area contributed by atoms with Gasteiger partial charge in [0.1, 0.15) is 0 Å². The molecule has 3 aromatic rings. The van der Waals surface area contributed by atoms with Gasteiger partial charge < -0.3 is 15.1 Å². The van der Waals surface area contributed by atoms with Gasteiger partial charge in [-0.3, -0.25) is 9.40 Å². The summed E-state index contributed by atoms with van der Waals surface area (Å²) >= 11 is 0. The maximum Gasteiger partial charge on any atom is 0.490 e. The predicted octanol–water partition coefficient (Wildman–Crippen LogP) is 4.95. The number of likely N-dealkylation sites (N-methyl/N-ethyl adjacent to an activating group) is 1. The number of carbonyl (C=O) groups is 2. The van der Waals surface area contributed by atoms with Crippen LogP contribution in [0.5, 0.6) is 0 Å². The van der Waals surface area contributed by atoms with Gasteiger partial charge in [-0.25, -0.2) is 18.0 Å². The molecule has 0 amide bonds. The van der Waals surface area contributed by atoms with Gasteiger partial charge in [-0.15, -0.1) is 0 Å². The molecule has 0 saturated carbocycles. The van der Waals surface area contributed by atoms with E-state index in [-0.39, 0.29) is 16.1 Å². The van der Waals surface area contributed by atoms with E-state index in [2.05, 4.69) is 9.82 Å². The number of hydrogen-bond acceptors (Lipinski definition) is 6. The molecule has 1 aromatic heterocycles. The van der Waals surface area contributed by atoms with E-state index in [4.69, 9.17) is 9.90 Å². The molecule has 0 unspecified atom stereocenters. The number of carboxylic acids is 2. The Hall–Kier alpha value is -4.07. The first-order valence-corrected chi connectivity index (χ1v) is 13.9. The lowest BCUT2D eigenvalue weighted by molar-refractivity contribution is -0.192. The predicted molar refractivity (Wildman–Crippen MR) is 148 cm³/mol. The van der Waals surface area contributed by atoms with Crippen LogP contribution in [0.3, 0.4) is 0 Å². The minimum absolute atomic E-state index is 0.0282. The average Bonchev–Trinajstić information content (AvgIpc) is 3.15. The van der Waals surface area contributed by atoms with Crippen LogP contribution in [-0.2, 0) is 27.8 Å². The van der Waals surface area contributed by atoms with Gasteiger partial charge in [0, 0.05) is 31.5 Å². The molecule has 0 spiro atoms. The zero-order valence-electron chi connectivity index (χ0n) is 23.5. The number of aromatic nitrogens is 2. The Morgan fingerprint density at radius 1 is 1.02 bits per heavy atom. The standard InChI is InChI=1S/C25H32N4O4S.C2HF3O2/c1-7-29-19(5)22(18(4)26-29)12-13-28(6)24-11-9-20(15-23(24)25(30)31)27-34(32,33)21-10-8-16(2)17(3)14-21;3-2(4,5)1(6)7/h8-11,14-15,27H,7,12-13H2,1-6H3,(H,30,31);(H,6,7). The number of hydrogen-bond donors (Lipinski definition) is 3. The van der Waals surface area contributed by atoms with Crippen molar-refractivity contribution in [1.82, 2.24) is 9.78 Å². The highest BCUT2D eigenvalue weighted by atomic mass is 32.2. The van der Waals surface area contributed by atoms with Crippen LogP contribution in [0.15, 0.2) is 41.3 Å². The van der Waals surface area contributed by atoms with E-state index in [1.165, 1.54) is 12.1 Å². The second kappa shape index (κ2) is 13.1. The van der Waals surface area contributed by atoms with E-state index in [9.17, 15) is 31.5 Å². The fraction of sp³-hybridized carbons (Fsp3) is 0.370. The number of halogens is 3. The monoisotopic (exact) mass is 598 g/mol. The molecule has 0 aliphatic heterocycles. The third kappa shape index (κ3) is 8.46. The Labute approximate surface area is 236 Å². The first-order valence-electron chi connectivity index (χ1n) is 12.4. The van der Waals surface area contributed by atoms with Crippen LogP contribution in [0.4, 0.5) is 24.5 Å². The first kappa shape index (κ1) is 33.1. The van der Waals surface area contributed by atoms with Gasteiger partial charge in [0.2, 0.25) is 0 Å². The van der Waals surface area contributed by atoms with Crippen LogP contribution in [0.1, 0.15) is 45.4 Å². The number of sulfonamides is 1. The van der Waals surface area contributed by atoms with Gasteiger partial charge >= 0.3 is 18.1 Å². The normalized spacial score (nSPS) is 11.4. The lowest BCUT2D eigenvalue weighted by Crippen LogP contribution is -2.23. The van der Waals surface area contributed by atoms with Crippen LogP contribution < -0.4 is 9.62 Å². The fourth-order valence-electron chi connectivity index (χ4n) is 4.00. The third-order valence-electron chi connectivity index (χ3n) is 6.45. The highest BCUT2D eigenvalue weighted by molar-refractivity contribution is 7.92. The van der Waals surface area contributed by atoms with Crippen molar-refractivity contribution in [1.29, 1.82) is 0 Å². The number of aromatic carboxylic acids is 1. The third-order valence-corrected chi connectivity index (χ3v) is 7.83. The number of alkyl halides is 3. The van der Waals surface area contributed by atoms with Crippen LogP contribution >= 0.6 is 0 Å². The summed E-state index contributed by atoms with van der Waals surface area (Å²) < 4.78 is 61.9. The lowest BCUT2D eigenvalue weighted by Gasteiger charge is -2.22.